The molecule has 0 spiro atoms. The molecule has 0 radical (unpaired) electrons. The number of hydrogen-bond donors (Lipinski definition) is 2. The summed E-state index contributed by atoms with van der Waals surface area (Å²) in [5.41, 5.74) is 5.69. The van der Waals surface area contributed by atoms with Crippen LogP contribution in [0.25, 0.3) is 0 Å². The smallest absolute Gasteiger partial charge is 0.0914 e. The molecule has 13 heavy (non-hydrogen) atoms. The standard InChI is InChI=1S/C9H18N2S2/c1-5(2)8-11-6(7(10)12)9(3,4)13-8/h5-6,8,11H,1-4H3,(H2,10,12). The van der Waals surface area contributed by atoms with E-state index in [1.807, 2.05) is 11.8 Å². The first-order valence-corrected chi connectivity index (χ1v) is 5.86. The zero-order valence-corrected chi connectivity index (χ0v) is 10.3. The molecule has 2 nitrogen and oxygen atoms in total. The summed E-state index contributed by atoms with van der Waals surface area (Å²) in [5.74, 6) is 0.614. The predicted molar refractivity (Wildman–Crippen MR) is 64.0 cm³/mol. The maximum atomic E-state index is 5.69. The van der Waals surface area contributed by atoms with Crippen molar-refractivity contribution in [3.05, 3.63) is 0 Å². The van der Waals surface area contributed by atoms with Crippen LogP contribution in [0.4, 0.5) is 0 Å². The number of thioether (sulfide) groups is 1. The Labute approximate surface area is 90.0 Å². The lowest BCUT2D eigenvalue weighted by Crippen LogP contribution is -2.47. The highest BCUT2D eigenvalue weighted by atomic mass is 32.2. The lowest BCUT2D eigenvalue weighted by atomic mass is 10.0. The van der Waals surface area contributed by atoms with Crippen molar-refractivity contribution in [2.45, 2.75) is 43.9 Å². The molecule has 2 unspecified atom stereocenters. The largest absolute Gasteiger partial charge is 0.392 e. The van der Waals surface area contributed by atoms with Crippen LogP contribution in [0.3, 0.4) is 0 Å². The third-order valence-electron chi connectivity index (χ3n) is 2.35. The van der Waals surface area contributed by atoms with Crippen molar-refractivity contribution in [3.8, 4) is 0 Å². The summed E-state index contributed by atoms with van der Waals surface area (Å²) in [5, 5.41) is 3.95. The van der Waals surface area contributed by atoms with Gasteiger partial charge in [-0.2, -0.15) is 0 Å². The topological polar surface area (TPSA) is 38.0 Å². The second-order valence-corrected chi connectivity index (χ2v) is 6.66. The van der Waals surface area contributed by atoms with Gasteiger partial charge in [-0.1, -0.05) is 26.1 Å². The highest BCUT2D eigenvalue weighted by molar-refractivity contribution is 8.01. The highest BCUT2D eigenvalue weighted by Crippen LogP contribution is 2.40. The van der Waals surface area contributed by atoms with Gasteiger partial charge in [-0.15, -0.1) is 11.8 Å². The first-order valence-electron chi connectivity index (χ1n) is 4.58. The second-order valence-electron chi connectivity index (χ2n) is 4.39. The van der Waals surface area contributed by atoms with Gasteiger partial charge in [-0.05, 0) is 19.8 Å². The lowest BCUT2D eigenvalue weighted by Gasteiger charge is -2.23. The number of rotatable bonds is 2. The monoisotopic (exact) mass is 218 g/mol. The van der Waals surface area contributed by atoms with Gasteiger partial charge in [-0.25, -0.2) is 0 Å². The third kappa shape index (κ3) is 2.36. The highest BCUT2D eigenvalue weighted by Gasteiger charge is 2.43. The Bertz CT molecular complexity index is 214. The summed E-state index contributed by atoms with van der Waals surface area (Å²) in [6, 6.07) is 0.167. The van der Waals surface area contributed by atoms with Gasteiger partial charge >= 0.3 is 0 Å². The first-order chi connectivity index (χ1) is 5.84. The van der Waals surface area contributed by atoms with E-state index in [2.05, 4.69) is 33.0 Å². The Balaban J connectivity index is 2.74. The molecule has 1 fully saturated rings. The minimum absolute atomic E-state index is 0.126. The molecular formula is C9H18N2S2. The van der Waals surface area contributed by atoms with Gasteiger partial charge in [0, 0.05) is 4.75 Å². The van der Waals surface area contributed by atoms with Gasteiger partial charge in [0.1, 0.15) is 0 Å². The van der Waals surface area contributed by atoms with Crippen LogP contribution in [0.1, 0.15) is 27.7 Å². The van der Waals surface area contributed by atoms with Gasteiger partial charge in [0.05, 0.1) is 16.4 Å². The number of nitrogens with one attached hydrogen (secondary N) is 1. The van der Waals surface area contributed by atoms with E-state index >= 15 is 0 Å². The fraction of sp³-hybridized carbons (Fsp3) is 0.889. The molecule has 0 aromatic heterocycles. The Morgan fingerprint density at radius 1 is 1.54 bits per heavy atom. The molecule has 1 saturated heterocycles. The maximum Gasteiger partial charge on any atom is 0.0914 e. The van der Waals surface area contributed by atoms with Crippen molar-refractivity contribution in [3.63, 3.8) is 0 Å². The van der Waals surface area contributed by atoms with Crippen LogP contribution in [0.5, 0.6) is 0 Å². The van der Waals surface area contributed by atoms with E-state index < -0.39 is 0 Å². The summed E-state index contributed by atoms with van der Waals surface area (Å²) < 4.78 is 0.126. The van der Waals surface area contributed by atoms with Gasteiger partial charge < -0.3 is 5.73 Å². The fourth-order valence-electron chi connectivity index (χ4n) is 1.55. The number of hydrogen-bond acceptors (Lipinski definition) is 3. The van der Waals surface area contributed by atoms with Crippen LogP contribution in [0.2, 0.25) is 0 Å². The van der Waals surface area contributed by atoms with Crippen molar-refractivity contribution >= 4 is 29.0 Å². The Morgan fingerprint density at radius 3 is 2.31 bits per heavy atom. The molecule has 4 heteroatoms. The summed E-state index contributed by atoms with van der Waals surface area (Å²) >= 11 is 6.98. The van der Waals surface area contributed by atoms with E-state index in [4.69, 9.17) is 18.0 Å². The van der Waals surface area contributed by atoms with E-state index in [-0.39, 0.29) is 10.8 Å². The number of nitrogens with two attached hydrogens (primary N) is 1. The Morgan fingerprint density at radius 2 is 2.08 bits per heavy atom. The van der Waals surface area contributed by atoms with E-state index in [1.54, 1.807) is 0 Å². The average Bonchev–Trinajstić information content (AvgIpc) is 2.25. The molecular weight excluding hydrogens is 200 g/mol. The average molecular weight is 218 g/mol. The maximum absolute atomic E-state index is 5.69. The summed E-state index contributed by atoms with van der Waals surface area (Å²) in [4.78, 5) is 0.584. The summed E-state index contributed by atoms with van der Waals surface area (Å²) in [7, 11) is 0. The van der Waals surface area contributed by atoms with Crippen molar-refractivity contribution in [1.29, 1.82) is 0 Å². The van der Waals surface area contributed by atoms with Gasteiger partial charge in [0.2, 0.25) is 0 Å². The van der Waals surface area contributed by atoms with Crippen molar-refractivity contribution in [2.24, 2.45) is 11.7 Å². The minimum Gasteiger partial charge on any atom is -0.392 e. The van der Waals surface area contributed by atoms with E-state index in [1.165, 1.54) is 0 Å². The lowest BCUT2D eigenvalue weighted by molar-refractivity contribution is 0.489. The molecule has 0 saturated carbocycles. The van der Waals surface area contributed by atoms with E-state index in [9.17, 15) is 0 Å². The number of thiocarbonyl (C=S) groups is 1. The van der Waals surface area contributed by atoms with Crippen molar-refractivity contribution < 1.29 is 0 Å². The molecule has 0 bridgehead atoms. The molecule has 1 rings (SSSR count). The molecule has 3 N–H and O–H groups in total. The second kappa shape index (κ2) is 3.75. The van der Waals surface area contributed by atoms with Crippen LogP contribution < -0.4 is 11.1 Å². The quantitative estimate of drug-likeness (QED) is 0.692. The molecule has 0 amide bonds. The fourth-order valence-corrected chi connectivity index (χ4v) is 3.45. The van der Waals surface area contributed by atoms with Crippen LogP contribution in [-0.4, -0.2) is 21.2 Å². The summed E-state index contributed by atoms with van der Waals surface area (Å²) in [6.45, 7) is 8.80. The third-order valence-corrected chi connectivity index (χ3v) is 4.36. The predicted octanol–water partition coefficient (Wildman–Crippen LogP) is 1.74. The SMILES string of the molecule is CC(C)C1NC(C(N)=S)C(C)(C)S1. The van der Waals surface area contributed by atoms with Crippen LogP contribution in [0.15, 0.2) is 0 Å². The minimum atomic E-state index is 0.126. The molecule has 0 aromatic carbocycles. The molecule has 76 valence electrons. The van der Waals surface area contributed by atoms with Crippen molar-refractivity contribution in [2.75, 3.05) is 0 Å². The van der Waals surface area contributed by atoms with Gasteiger partial charge in [0.15, 0.2) is 0 Å². The first kappa shape index (κ1) is 11.3. The Kier molecular flexibility index (Phi) is 3.25. The molecule has 1 aliphatic rings. The molecule has 1 heterocycles. The van der Waals surface area contributed by atoms with Crippen LogP contribution in [-0.2, 0) is 0 Å². The molecule has 0 aromatic rings. The van der Waals surface area contributed by atoms with Crippen LogP contribution in [0, 0.1) is 5.92 Å². The molecule has 0 aliphatic carbocycles. The van der Waals surface area contributed by atoms with E-state index in [0.29, 0.717) is 16.3 Å². The van der Waals surface area contributed by atoms with E-state index in [0.717, 1.165) is 0 Å². The van der Waals surface area contributed by atoms with Gasteiger partial charge in [-0.3, -0.25) is 5.32 Å². The zero-order valence-electron chi connectivity index (χ0n) is 8.63. The molecule has 2 atom stereocenters. The zero-order chi connectivity index (χ0) is 10.2. The normalized spacial score (nSPS) is 32.4. The summed E-state index contributed by atoms with van der Waals surface area (Å²) in [6.07, 6.45) is 0. The van der Waals surface area contributed by atoms with Crippen molar-refractivity contribution in [1.82, 2.24) is 5.32 Å². The van der Waals surface area contributed by atoms with Crippen LogP contribution >= 0.6 is 24.0 Å². The molecule has 1 aliphatic heterocycles. The Hall–Kier alpha value is 0.200. The van der Waals surface area contributed by atoms with Gasteiger partial charge in [0.25, 0.3) is 0 Å².